The van der Waals surface area contributed by atoms with Gasteiger partial charge in [0, 0.05) is 21.9 Å². The molecule has 126 valence electrons. The molecule has 3 rings (SSSR count). The molecule has 0 bridgehead atoms. The van der Waals surface area contributed by atoms with Crippen LogP contribution < -0.4 is 10.6 Å². The summed E-state index contributed by atoms with van der Waals surface area (Å²) >= 11 is 11.8. The fourth-order valence-corrected chi connectivity index (χ4v) is 2.58. The SMILES string of the molecule is O=C(Nc1cc(Cl)cc(Cl)c1)c1ccnc(Nc2ccccc2F)n1. The van der Waals surface area contributed by atoms with E-state index in [4.69, 9.17) is 23.2 Å². The number of nitrogens with one attached hydrogen (secondary N) is 2. The number of anilines is 3. The van der Waals surface area contributed by atoms with E-state index in [1.165, 1.54) is 18.3 Å². The molecule has 0 saturated heterocycles. The first kappa shape index (κ1) is 17.1. The molecule has 0 unspecified atom stereocenters. The first-order valence-electron chi connectivity index (χ1n) is 7.13. The first-order valence-corrected chi connectivity index (χ1v) is 7.89. The van der Waals surface area contributed by atoms with E-state index < -0.39 is 11.7 Å². The highest BCUT2D eigenvalue weighted by molar-refractivity contribution is 6.35. The molecule has 8 heteroatoms. The second kappa shape index (κ2) is 7.46. The Bertz CT molecular complexity index is 916. The lowest BCUT2D eigenvalue weighted by molar-refractivity contribution is 0.102. The standard InChI is InChI=1S/C17H11Cl2FN4O/c18-10-7-11(19)9-12(8-10)22-16(25)15-5-6-21-17(24-15)23-14-4-2-1-3-13(14)20/h1-9H,(H,22,25)(H,21,23,24). The largest absolute Gasteiger partial charge is 0.322 e. The van der Waals surface area contributed by atoms with Gasteiger partial charge in [0.25, 0.3) is 5.91 Å². The predicted molar refractivity (Wildman–Crippen MR) is 96.1 cm³/mol. The molecule has 3 aromatic rings. The zero-order valence-corrected chi connectivity index (χ0v) is 14.1. The molecule has 1 aromatic heterocycles. The molecule has 0 aliphatic rings. The number of benzene rings is 2. The summed E-state index contributed by atoms with van der Waals surface area (Å²) in [5, 5.41) is 6.16. The molecule has 2 aromatic carbocycles. The van der Waals surface area contributed by atoms with E-state index in [1.54, 1.807) is 36.4 Å². The van der Waals surface area contributed by atoms with Crippen LogP contribution in [0.4, 0.5) is 21.7 Å². The lowest BCUT2D eigenvalue weighted by Gasteiger charge is -2.08. The summed E-state index contributed by atoms with van der Waals surface area (Å²) in [5.41, 5.74) is 0.747. The number of hydrogen-bond acceptors (Lipinski definition) is 4. The number of carbonyl (C=O) groups is 1. The molecule has 2 N–H and O–H groups in total. The molecule has 0 fully saturated rings. The van der Waals surface area contributed by atoms with Crippen LogP contribution in [0.25, 0.3) is 0 Å². The van der Waals surface area contributed by atoms with E-state index in [2.05, 4.69) is 20.6 Å². The summed E-state index contributed by atoms with van der Waals surface area (Å²) in [6.07, 6.45) is 1.40. The molecule has 0 spiro atoms. The highest BCUT2D eigenvalue weighted by atomic mass is 35.5. The van der Waals surface area contributed by atoms with E-state index in [0.717, 1.165) is 0 Å². The van der Waals surface area contributed by atoms with Gasteiger partial charge in [0.05, 0.1) is 5.69 Å². The van der Waals surface area contributed by atoms with Gasteiger partial charge in [-0.05, 0) is 36.4 Å². The van der Waals surface area contributed by atoms with Crippen molar-refractivity contribution in [1.82, 2.24) is 9.97 Å². The fourth-order valence-electron chi connectivity index (χ4n) is 2.05. The number of nitrogens with zero attached hydrogens (tertiary/aromatic N) is 2. The summed E-state index contributed by atoms with van der Waals surface area (Å²) in [6.45, 7) is 0. The van der Waals surface area contributed by atoms with Crippen molar-refractivity contribution in [3.8, 4) is 0 Å². The van der Waals surface area contributed by atoms with Crippen LogP contribution in [-0.4, -0.2) is 15.9 Å². The third kappa shape index (κ3) is 4.43. The highest BCUT2D eigenvalue weighted by Crippen LogP contribution is 2.23. The summed E-state index contributed by atoms with van der Waals surface area (Å²) in [5.74, 6) is -0.825. The number of rotatable bonds is 4. The molecular weight excluding hydrogens is 366 g/mol. The van der Waals surface area contributed by atoms with Crippen molar-refractivity contribution in [3.05, 3.63) is 76.3 Å². The van der Waals surface area contributed by atoms with Crippen molar-refractivity contribution >= 4 is 46.4 Å². The minimum atomic E-state index is -0.475. The van der Waals surface area contributed by atoms with Gasteiger partial charge >= 0.3 is 0 Å². The second-order valence-corrected chi connectivity index (χ2v) is 5.86. The van der Waals surface area contributed by atoms with Gasteiger partial charge in [0.15, 0.2) is 0 Å². The van der Waals surface area contributed by atoms with Gasteiger partial charge in [0.1, 0.15) is 11.5 Å². The van der Waals surface area contributed by atoms with E-state index in [9.17, 15) is 9.18 Å². The normalized spacial score (nSPS) is 10.4. The van der Waals surface area contributed by atoms with Crippen molar-refractivity contribution in [2.75, 3.05) is 10.6 Å². The van der Waals surface area contributed by atoms with Gasteiger partial charge in [-0.2, -0.15) is 0 Å². The Morgan fingerprint density at radius 1 is 1.04 bits per heavy atom. The number of carbonyl (C=O) groups excluding carboxylic acids is 1. The molecule has 0 aliphatic carbocycles. The Kier molecular flexibility index (Phi) is 5.11. The molecule has 0 aliphatic heterocycles. The fraction of sp³-hybridized carbons (Fsp3) is 0. The summed E-state index contributed by atoms with van der Waals surface area (Å²) in [6, 6.07) is 12.2. The molecule has 1 amide bonds. The average Bonchev–Trinajstić information content (AvgIpc) is 2.56. The van der Waals surface area contributed by atoms with Crippen LogP contribution in [0, 0.1) is 5.82 Å². The molecule has 25 heavy (non-hydrogen) atoms. The van der Waals surface area contributed by atoms with E-state index in [0.29, 0.717) is 15.7 Å². The van der Waals surface area contributed by atoms with Crippen LogP contribution in [0.1, 0.15) is 10.5 Å². The van der Waals surface area contributed by atoms with Crippen LogP contribution >= 0.6 is 23.2 Å². The Morgan fingerprint density at radius 2 is 1.76 bits per heavy atom. The quantitative estimate of drug-likeness (QED) is 0.678. The number of amides is 1. The average molecular weight is 377 g/mol. The zero-order valence-electron chi connectivity index (χ0n) is 12.6. The van der Waals surface area contributed by atoms with Crippen LogP contribution in [0.3, 0.4) is 0 Å². The predicted octanol–water partition coefficient (Wildman–Crippen LogP) is 4.92. The smallest absolute Gasteiger partial charge is 0.274 e. The van der Waals surface area contributed by atoms with Crippen molar-refractivity contribution in [3.63, 3.8) is 0 Å². The van der Waals surface area contributed by atoms with Gasteiger partial charge in [-0.25, -0.2) is 14.4 Å². The Labute approximate surface area is 152 Å². The van der Waals surface area contributed by atoms with Crippen LogP contribution in [0.15, 0.2) is 54.7 Å². The number of para-hydroxylation sites is 1. The van der Waals surface area contributed by atoms with Gasteiger partial charge in [-0.1, -0.05) is 35.3 Å². The van der Waals surface area contributed by atoms with Gasteiger partial charge < -0.3 is 10.6 Å². The minimum absolute atomic E-state index is 0.0990. The Balaban J connectivity index is 1.78. The lowest BCUT2D eigenvalue weighted by Crippen LogP contribution is -2.15. The number of halogens is 3. The zero-order chi connectivity index (χ0) is 17.8. The van der Waals surface area contributed by atoms with Crippen LogP contribution in [-0.2, 0) is 0 Å². The maximum Gasteiger partial charge on any atom is 0.274 e. The summed E-state index contributed by atoms with van der Waals surface area (Å²) in [7, 11) is 0. The number of hydrogen-bond donors (Lipinski definition) is 2. The summed E-state index contributed by atoms with van der Waals surface area (Å²) in [4.78, 5) is 20.4. The van der Waals surface area contributed by atoms with Crippen molar-refractivity contribution in [2.45, 2.75) is 0 Å². The maximum absolute atomic E-state index is 13.7. The van der Waals surface area contributed by atoms with E-state index in [-0.39, 0.29) is 17.3 Å². The first-order chi connectivity index (χ1) is 12.0. The van der Waals surface area contributed by atoms with E-state index in [1.807, 2.05) is 0 Å². The summed E-state index contributed by atoms with van der Waals surface area (Å²) < 4.78 is 13.7. The van der Waals surface area contributed by atoms with Gasteiger partial charge in [0.2, 0.25) is 5.95 Å². The van der Waals surface area contributed by atoms with Gasteiger partial charge in [-0.15, -0.1) is 0 Å². The topological polar surface area (TPSA) is 66.9 Å². The maximum atomic E-state index is 13.7. The molecule has 5 nitrogen and oxygen atoms in total. The highest BCUT2D eigenvalue weighted by Gasteiger charge is 2.11. The Hall–Kier alpha value is -2.70. The number of aromatic nitrogens is 2. The third-order valence-electron chi connectivity index (χ3n) is 3.13. The van der Waals surface area contributed by atoms with Gasteiger partial charge in [-0.3, -0.25) is 4.79 Å². The monoisotopic (exact) mass is 376 g/mol. The van der Waals surface area contributed by atoms with Crippen molar-refractivity contribution in [1.29, 1.82) is 0 Å². The Morgan fingerprint density at radius 3 is 2.48 bits per heavy atom. The molecule has 0 atom stereocenters. The molecule has 0 saturated carbocycles. The lowest BCUT2D eigenvalue weighted by atomic mass is 10.3. The molecule has 0 radical (unpaired) electrons. The van der Waals surface area contributed by atoms with E-state index >= 15 is 0 Å². The van der Waals surface area contributed by atoms with Crippen LogP contribution in [0.2, 0.25) is 10.0 Å². The molecule has 1 heterocycles. The minimum Gasteiger partial charge on any atom is -0.322 e. The third-order valence-corrected chi connectivity index (χ3v) is 3.57. The van der Waals surface area contributed by atoms with Crippen molar-refractivity contribution in [2.24, 2.45) is 0 Å². The second-order valence-electron chi connectivity index (χ2n) is 4.98. The van der Waals surface area contributed by atoms with Crippen molar-refractivity contribution < 1.29 is 9.18 Å². The van der Waals surface area contributed by atoms with Crippen LogP contribution in [0.5, 0.6) is 0 Å². The molecular formula is C17H11Cl2FN4O.